The minimum Gasteiger partial charge on any atom is -0.481 e. The molecule has 1 N–H and O–H groups in total. The number of rotatable bonds is 3. The largest absolute Gasteiger partial charge is 0.481 e. The van der Waals surface area contributed by atoms with Crippen LogP contribution in [-0.2, 0) is 14.9 Å². The Morgan fingerprint density at radius 3 is 2.75 bits per heavy atom. The molecule has 2 fully saturated rings. The van der Waals surface area contributed by atoms with Gasteiger partial charge in [0.15, 0.2) is 0 Å². The van der Waals surface area contributed by atoms with Gasteiger partial charge in [0.05, 0.1) is 12.0 Å². The Bertz CT molecular complexity index is 482. The predicted octanol–water partition coefficient (Wildman–Crippen LogP) is 2.92. The number of nitrogens with zero attached hydrogens (tertiary/aromatic N) is 1. The summed E-state index contributed by atoms with van der Waals surface area (Å²) in [6.07, 6.45) is 7.94. The first-order valence-corrected chi connectivity index (χ1v) is 7.42. The van der Waals surface area contributed by atoms with E-state index in [0.29, 0.717) is 6.61 Å². The number of hydrogen-bond donors (Lipinski definition) is 1. The van der Waals surface area contributed by atoms with Crippen LogP contribution in [0.2, 0.25) is 0 Å². The van der Waals surface area contributed by atoms with Gasteiger partial charge in [0.1, 0.15) is 0 Å². The van der Waals surface area contributed by atoms with Crippen molar-refractivity contribution < 1.29 is 14.6 Å². The Morgan fingerprint density at radius 1 is 1.30 bits per heavy atom. The van der Waals surface area contributed by atoms with Crippen LogP contribution < -0.4 is 0 Å². The number of ether oxygens (including phenoxy) is 1. The van der Waals surface area contributed by atoms with E-state index >= 15 is 0 Å². The molecule has 4 heteroatoms. The highest BCUT2D eigenvalue weighted by Gasteiger charge is 2.49. The number of aromatic nitrogens is 1. The normalized spacial score (nSPS) is 28.6. The van der Waals surface area contributed by atoms with Gasteiger partial charge in [0.25, 0.3) is 0 Å². The lowest BCUT2D eigenvalue weighted by atomic mass is 9.68. The second-order valence-corrected chi connectivity index (χ2v) is 6.23. The van der Waals surface area contributed by atoms with Crippen molar-refractivity contribution in [3.63, 3.8) is 0 Å². The van der Waals surface area contributed by atoms with E-state index in [0.717, 1.165) is 31.4 Å². The third-order valence-corrected chi connectivity index (χ3v) is 4.86. The lowest BCUT2D eigenvalue weighted by Gasteiger charge is -2.45. The van der Waals surface area contributed by atoms with Crippen LogP contribution in [0.4, 0.5) is 0 Å². The molecule has 1 aromatic rings. The fourth-order valence-electron chi connectivity index (χ4n) is 3.99. The van der Waals surface area contributed by atoms with Crippen LogP contribution in [0.1, 0.15) is 50.6 Å². The summed E-state index contributed by atoms with van der Waals surface area (Å²) in [5, 5.41) is 9.35. The number of pyridine rings is 1. The van der Waals surface area contributed by atoms with E-state index in [2.05, 4.69) is 4.98 Å². The average molecular weight is 275 g/mol. The Labute approximate surface area is 119 Å². The topological polar surface area (TPSA) is 59.4 Å². The molecule has 1 spiro atoms. The molecule has 0 aromatic carbocycles. The fraction of sp³-hybridized carbons (Fsp3) is 0.625. The molecule has 3 rings (SSSR count). The van der Waals surface area contributed by atoms with Crippen molar-refractivity contribution in [1.29, 1.82) is 0 Å². The number of carboxylic acid groups (broad SMARTS) is 1. The molecule has 0 radical (unpaired) electrons. The first kappa shape index (κ1) is 13.6. The Balaban J connectivity index is 1.95. The van der Waals surface area contributed by atoms with Gasteiger partial charge < -0.3 is 9.84 Å². The summed E-state index contributed by atoms with van der Waals surface area (Å²) in [7, 11) is 0. The molecule has 1 aliphatic carbocycles. The van der Waals surface area contributed by atoms with Gasteiger partial charge in [-0.3, -0.25) is 9.78 Å². The third kappa shape index (κ3) is 2.44. The van der Waals surface area contributed by atoms with Crippen LogP contribution in [0.25, 0.3) is 0 Å². The summed E-state index contributed by atoms with van der Waals surface area (Å²) in [6, 6.07) is 5.79. The highest BCUT2D eigenvalue weighted by atomic mass is 16.5. The number of aliphatic carboxylic acids is 1. The van der Waals surface area contributed by atoms with Gasteiger partial charge >= 0.3 is 5.97 Å². The Morgan fingerprint density at radius 2 is 2.10 bits per heavy atom. The first-order valence-electron chi connectivity index (χ1n) is 7.42. The molecular formula is C16H21NO3. The van der Waals surface area contributed by atoms with E-state index in [4.69, 9.17) is 4.74 Å². The highest BCUT2D eigenvalue weighted by molar-refractivity contribution is 5.69. The zero-order valence-corrected chi connectivity index (χ0v) is 11.7. The minimum atomic E-state index is -0.745. The zero-order chi connectivity index (χ0) is 14.1. The van der Waals surface area contributed by atoms with Gasteiger partial charge in [0, 0.05) is 23.9 Å². The summed E-state index contributed by atoms with van der Waals surface area (Å²) < 4.78 is 6.06. The van der Waals surface area contributed by atoms with Crippen LogP contribution in [0.15, 0.2) is 24.4 Å². The van der Waals surface area contributed by atoms with Crippen LogP contribution in [0.5, 0.6) is 0 Å². The van der Waals surface area contributed by atoms with Gasteiger partial charge in [-0.1, -0.05) is 18.9 Å². The molecule has 0 unspecified atom stereocenters. The lowest BCUT2D eigenvalue weighted by Crippen LogP contribution is -2.47. The minimum absolute atomic E-state index is 0.106. The third-order valence-electron chi connectivity index (χ3n) is 4.86. The smallest absolute Gasteiger partial charge is 0.304 e. The molecule has 1 saturated carbocycles. The van der Waals surface area contributed by atoms with E-state index in [1.54, 1.807) is 6.20 Å². The first-order chi connectivity index (χ1) is 9.64. The van der Waals surface area contributed by atoms with E-state index < -0.39 is 5.97 Å². The van der Waals surface area contributed by atoms with Gasteiger partial charge in [-0.05, 0) is 37.8 Å². The maximum atomic E-state index is 11.4. The van der Waals surface area contributed by atoms with Crippen molar-refractivity contribution in [2.75, 3.05) is 6.61 Å². The summed E-state index contributed by atoms with van der Waals surface area (Å²) in [5.41, 5.74) is 0.443. The summed E-state index contributed by atoms with van der Waals surface area (Å²) in [6.45, 7) is 0.643. The maximum absolute atomic E-state index is 11.4. The van der Waals surface area contributed by atoms with E-state index in [1.807, 2.05) is 18.2 Å². The molecule has 1 saturated heterocycles. The van der Waals surface area contributed by atoms with E-state index in [-0.39, 0.29) is 17.4 Å². The fourth-order valence-corrected chi connectivity index (χ4v) is 3.99. The monoisotopic (exact) mass is 275 g/mol. The quantitative estimate of drug-likeness (QED) is 0.921. The molecule has 108 valence electrons. The van der Waals surface area contributed by atoms with Crippen molar-refractivity contribution in [3.05, 3.63) is 30.1 Å². The lowest BCUT2D eigenvalue weighted by molar-refractivity contribution is -0.144. The number of carbonyl (C=O) groups is 1. The van der Waals surface area contributed by atoms with Gasteiger partial charge in [-0.25, -0.2) is 0 Å². The van der Waals surface area contributed by atoms with Crippen LogP contribution in [-0.4, -0.2) is 28.3 Å². The molecule has 0 amide bonds. The summed E-state index contributed by atoms with van der Waals surface area (Å²) in [4.78, 5) is 15.8. The van der Waals surface area contributed by atoms with Crippen molar-refractivity contribution in [2.24, 2.45) is 0 Å². The molecule has 2 heterocycles. The summed E-state index contributed by atoms with van der Waals surface area (Å²) in [5.74, 6) is -0.745. The van der Waals surface area contributed by atoms with Crippen molar-refractivity contribution in [1.82, 2.24) is 4.98 Å². The standard InChI is InChI=1S/C16H21NO3/c18-14(19)11-15(13-5-1-4-9-17-13)8-10-20-16(12-15)6-2-3-7-16/h1,4-5,9H,2-3,6-8,10-12H2,(H,18,19)/t15-/m0/s1. The molecule has 1 aromatic heterocycles. The molecule has 4 nitrogen and oxygen atoms in total. The molecule has 0 bridgehead atoms. The summed E-state index contributed by atoms with van der Waals surface area (Å²) >= 11 is 0. The van der Waals surface area contributed by atoms with Gasteiger partial charge in [-0.15, -0.1) is 0 Å². The molecule has 2 aliphatic rings. The Kier molecular flexibility index (Phi) is 3.50. The Hall–Kier alpha value is -1.42. The highest BCUT2D eigenvalue weighted by Crippen LogP contribution is 2.49. The molecule has 1 aliphatic heterocycles. The molecule has 1 atom stereocenters. The molecular weight excluding hydrogens is 254 g/mol. The predicted molar refractivity (Wildman–Crippen MR) is 74.6 cm³/mol. The SMILES string of the molecule is O=C(O)C[C@@]1(c2ccccn2)CCOC2(CCCC2)C1. The average Bonchev–Trinajstić information content (AvgIpc) is 2.87. The maximum Gasteiger partial charge on any atom is 0.304 e. The number of carboxylic acids is 1. The molecule has 20 heavy (non-hydrogen) atoms. The van der Waals surface area contributed by atoms with E-state index in [9.17, 15) is 9.90 Å². The second kappa shape index (κ2) is 5.17. The van der Waals surface area contributed by atoms with Crippen LogP contribution >= 0.6 is 0 Å². The number of hydrogen-bond acceptors (Lipinski definition) is 3. The second-order valence-electron chi connectivity index (χ2n) is 6.23. The van der Waals surface area contributed by atoms with Crippen molar-refractivity contribution >= 4 is 5.97 Å². The van der Waals surface area contributed by atoms with Crippen LogP contribution in [0.3, 0.4) is 0 Å². The van der Waals surface area contributed by atoms with Gasteiger partial charge in [-0.2, -0.15) is 0 Å². The van der Waals surface area contributed by atoms with Gasteiger partial charge in [0.2, 0.25) is 0 Å². The van der Waals surface area contributed by atoms with Crippen LogP contribution in [0, 0.1) is 0 Å². The van der Waals surface area contributed by atoms with E-state index in [1.165, 1.54) is 12.8 Å². The van der Waals surface area contributed by atoms with Crippen molar-refractivity contribution in [3.8, 4) is 0 Å². The zero-order valence-electron chi connectivity index (χ0n) is 11.7. The van der Waals surface area contributed by atoms with Crippen molar-refractivity contribution in [2.45, 2.75) is 56.0 Å².